The van der Waals surface area contributed by atoms with E-state index in [0.717, 1.165) is 21.6 Å². The van der Waals surface area contributed by atoms with Gasteiger partial charge in [0.15, 0.2) is 0 Å². The highest BCUT2D eigenvalue weighted by Gasteiger charge is 2.49. The number of anilines is 1. The minimum absolute atomic E-state index is 0.0833. The number of Topliss-reactive ketones (excluding diaryl/α,β-unsaturated/α-hetero) is 1. The van der Waals surface area contributed by atoms with Crippen molar-refractivity contribution in [1.82, 2.24) is 9.82 Å². The van der Waals surface area contributed by atoms with Crippen molar-refractivity contribution < 1.29 is 22.8 Å². The van der Waals surface area contributed by atoms with Crippen molar-refractivity contribution in [3.63, 3.8) is 0 Å². The number of imide groups is 1. The summed E-state index contributed by atoms with van der Waals surface area (Å²) in [4.78, 5) is 47.6. The van der Waals surface area contributed by atoms with Crippen LogP contribution >= 0.6 is 22.9 Å². The Morgan fingerprint density at radius 2 is 1.68 bits per heavy atom. The summed E-state index contributed by atoms with van der Waals surface area (Å²) in [6.45, 7) is 3.44. The summed E-state index contributed by atoms with van der Waals surface area (Å²) in [5, 5.41) is 4.45. The smallest absolute Gasteiger partial charge is 0.287 e. The van der Waals surface area contributed by atoms with E-state index in [1.54, 1.807) is 49.4 Å². The summed E-state index contributed by atoms with van der Waals surface area (Å²) >= 11 is 7.15. The molecule has 4 aromatic rings. The van der Waals surface area contributed by atoms with Crippen LogP contribution in [0.3, 0.4) is 0 Å². The number of benzene rings is 3. The molecule has 1 aliphatic heterocycles. The highest BCUT2D eigenvalue weighted by molar-refractivity contribution is 7.89. The molecule has 192 valence electrons. The first kappa shape index (κ1) is 25.7. The second-order valence-corrected chi connectivity index (χ2v) is 11.8. The molecule has 0 saturated carbocycles. The highest BCUT2D eigenvalue weighted by atomic mass is 35.5. The van der Waals surface area contributed by atoms with Gasteiger partial charge in [0.1, 0.15) is 16.6 Å². The number of aromatic nitrogens is 1. The van der Waals surface area contributed by atoms with E-state index in [1.807, 2.05) is 6.92 Å². The van der Waals surface area contributed by atoms with Gasteiger partial charge in [-0.25, -0.2) is 9.88 Å². The normalized spacial score (nSPS) is 17.4. The molecule has 0 spiro atoms. The molecule has 3 aromatic carbocycles. The molecule has 1 N–H and O–H groups in total. The van der Waals surface area contributed by atoms with Crippen molar-refractivity contribution >= 4 is 72.2 Å². The van der Waals surface area contributed by atoms with Crippen LogP contribution in [0.5, 0.6) is 0 Å². The van der Waals surface area contributed by atoms with Crippen molar-refractivity contribution in [3.8, 4) is 0 Å². The molecular weight excluding hydrogens is 548 g/mol. The molecule has 38 heavy (non-hydrogen) atoms. The monoisotopic (exact) mass is 566 g/mol. The zero-order chi connectivity index (χ0) is 27.2. The molecule has 1 unspecified atom stereocenters. The molecule has 1 saturated heterocycles. The van der Waals surface area contributed by atoms with E-state index >= 15 is 0 Å². The van der Waals surface area contributed by atoms with Crippen molar-refractivity contribution in [2.24, 2.45) is 5.10 Å². The average molecular weight is 567 g/mol. The molecule has 0 bridgehead atoms. The van der Waals surface area contributed by atoms with Gasteiger partial charge in [0.25, 0.3) is 15.9 Å². The fraction of sp³-hybridized carbons (Fsp3) is 0.115. The number of carbonyl (C=O) groups is 3. The largest absolute Gasteiger partial charge is 0.302 e. The third kappa shape index (κ3) is 4.60. The first-order valence-electron chi connectivity index (χ1n) is 11.3. The van der Waals surface area contributed by atoms with E-state index in [2.05, 4.69) is 14.9 Å². The number of rotatable bonds is 5. The van der Waals surface area contributed by atoms with Crippen LogP contribution in [-0.4, -0.2) is 36.7 Å². The molecule has 1 aliphatic rings. The number of hydrogen-bond donors (Lipinski definition) is 1. The second-order valence-electron chi connectivity index (χ2n) is 8.60. The lowest BCUT2D eigenvalue weighted by molar-refractivity contribution is -0.139. The van der Waals surface area contributed by atoms with Crippen molar-refractivity contribution in [3.05, 3.63) is 87.9 Å². The van der Waals surface area contributed by atoms with Crippen LogP contribution in [0.4, 0.5) is 5.69 Å². The number of hydrogen-bond acceptors (Lipinski definition) is 8. The van der Waals surface area contributed by atoms with E-state index < -0.39 is 39.3 Å². The van der Waals surface area contributed by atoms with Crippen LogP contribution in [0, 0.1) is 13.8 Å². The van der Waals surface area contributed by atoms with Gasteiger partial charge in [-0.05, 0) is 61.9 Å². The van der Waals surface area contributed by atoms with Gasteiger partial charge in [-0.15, -0.1) is 11.3 Å². The number of carbonyl (C=O) groups excluding carboxylic acids is 3. The lowest BCUT2D eigenvalue weighted by Crippen LogP contribution is -2.55. The van der Waals surface area contributed by atoms with Gasteiger partial charge in [-0.2, -0.15) is 18.4 Å². The number of hydrazone groups is 1. The maximum atomic E-state index is 13.7. The quantitative estimate of drug-likeness (QED) is 0.220. The van der Waals surface area contributed by atoms with E-state index in [1.165, 1.54) is 24.3 Å². The number of sulfonamides is 1. The van der Waals surface area contributed by atoms with Crippen LogP contribution in [-0.2, 0) is 24.4 Å². The summed E-state index contributed by atoms with van der Waals surface area (Å²) in [5.74, 6) is -4.48. The summed E-state index contributed by atoms with van der Waals surface area (Å²) in [7, 11) is -4.20. The number of amides is 2. The number of ketones is 1. The Labute approximate surface area is 226 Å². The topological polar surface area (TPSA) is 126 Å². The number of nitrogens with one attached hydrogen (secondary N) is 1. The number of halogens is 1. The van der Waals surface area contributed by atoms with Crippen LogP contribution in [0.1, 0.15) is 22.1 Å². The average Bonchev–Trinajstić information content (AvgIpc) is 3.30. The number of nitrogens with zero attached hydrogens (tertiary/aromatic N) is 3. The zero-order valence-corrected chi connectivity index (χ0v) is 22.4. The predicted octanol–water partition coefficient (Wildman–Crippen LogP) is 4.13. The van der Waals surface area contributed by atoms with Gasteiger partial charge in [0, 0.05) is 5.02 Å². The summed E-state index contributed by atoms with van der Waals surface area (Å²) in [5.41, 5.74) is 1.54. The van der Waals surface area contributed by atoms with Crippen molar-refractivity contribution in [2.45, 2.75) is 24.7 Å². The first-order chi connectivity index (χ1) is 18.1. The van der Waals surface area contributed by atoms with E-state index in [-0.39, 0.29) is 15.6 Å². The molecule has 1 fully saturated rings. The molecule has 1 atom stereocenters. The molecule has 0 radical (unpaired) electrons. The van der Waals surface area contributed by atoms with Gasteiger partial charge in [-0.3, -0.25) is 14.4 Å². The van der Waals surface area contributed by atoms with E-state index in [4.69, 9.17) is 11.6 Å². The summed E-state index contributed by atoms with van der Waals surface area (Å²) in [6.07, 6.45) is 0. The van der Waals surface area contributed by atoms with Crippen LogP contribution in [0.25, 0.3) is 10.2 Å². The summed E-state index contributed by atoms with van der Waals surface area (Å²) in [6, 6.07) is 17.5. The molecular formula is C26H19ClN4O5S2. The second kappa shape index (κ2) is 9.75. The standard InChI is InChI=1S/C26H19ClN4O5S2/c1-14-7-10-17(11-8-14)38(35,36)30-29-22-21(24-28-18-5-3-4-6-20(18)37-24)23(32)26(34)31(25(22)33)19-12-9-16(27)13-15(19)2/h3-13,21,30H,1-2H3. The van der Waals surface area contributed by atoms with E-state index in [0.29, 0.717) is 21.0 Å². The minimum atomic E-state index is -4.20. The van der Waals surface area contributed by atoms with Crippen molar-refractivity contribution in [1.29, 1.82) is 0 Å². The number of para-hydroxylation sites is 1. The molecule has 9 nitrogen and oxygen atoms in total. The maximum Gasteiger partial charge on any atom is 0.302 e. The Bertz CT molecular complexity index is 1730. The van der Waals surface area contributed by atoms with Crippen molar-refractivity contribution in [2.75, 3.05) is 4.90 Å². The lowest BCUT2D eigenvalue weighted by atomic mass is 9.91. The Morgan fingerprint density at radius 3 is 2.37 bits per heavy atom. The maximum absolute atomic E-state index is 13.7. The Morgan fingerprint density at radius 1 is 0.974 bits per heavy atom. The van der Waals surface area contributed by atoms with Crippen LogP contribution in [0.2, 0.25) is 5.02 Å². The molecule has 2 heterocycles. The number of aryl methyl sites for hydroxylation is 2. The molecule has 1 aromatic heterocycles. The van der Waals surface area contributed by atoms with Gasteiger partial charge in [0.05, 0.1) is 20.8 Å². The number of thiazole rings is 1. The number of fused-ring (bicyclic) bond motifs is 1. The van der Waals surface area contributed by atoms with Gasteiger partial charge >= 0.3 is 5.91 Å². The van der Waals surface area contributed by atoms with Crippen LogP contribution < -0.4 is 9.73 Å². The lowest BCUT2D eigenvalue weighted by Gasteiger charge is -2.30. The minimum Gasteiger partial charge on any atom is -0.287 e. The SMILES string of the molecule is Cc1ccc(S(=O)(=O)NN=C2C(=O)N(c3ccc(Cl)cc3C)C(=O)C(=O)C2c2nc3ccccc3s2)cc1. The third-order valence-electron chi connectivity index (χ3n) is 5.95. The van der Waals surface area contributed by atoms with Gasteiger partial charge in [0.2, 0.25) is 5.78 Å². The Hall–Kier alpha value is -3.93. The number of piperidine rings is 1. The molecule has 5 rings (SSSR count). The zero-order valence-electron chi connectivity index (χ0n) is 20.0. The van der Waals surface area contributed by atoms with Gasteiger partial charge < -0.3 is 0 Å². The Balaban J connectivity index is 1.63. The molecule has 2 amide bonds. The fourth-order valence-electron chi connectivity index (χ4n) is 4.01. The summed E-state index contributed by atoms with van der Waals surface area (Å²) < 4.78 is 26.6. The highest BCUT2D eigenvalue weighted by Crippen LogP contribution is 2.35. The third-order valence-corrected chi connectivity index (χ3v) is 8.51. The first-order valence-corrected chi connectivity index (χ1v) is 13.9. The molecule has 0 aliphatic carbocycles. The Kier molecular flexibility index (Phi) is 6.59. The predicted molar refractivity (Wildman–Crippen MR) is 145 cm³/mol. The van der Waals surface area contributed by atoms with Crippen LogP contribution in [0.15, 0.2) is 76.7 Å². The van der Waals surface area contributed by atoms with Gasteiger partial charge in [-0.1, -0.05) is 41.4 Å². The van der Waals surface area contributed by atoms with E-state index in [9.17, 15) is 22.8 Å². The molecule has 12 heteroatoms. The fourth-order valence-corrected chi connectivity index (χ4v) is 6.13.